The number of aromatic nitrogens is 1. The van der Waals surface area contributed by atoms with Gasteiger partial charge in [-0.25, -0.2) is 4.39 Å². The van der Waals surface area contributed by atoms with E-state index in [9.17, 15) is 4.39 Å². The molecule has 1 aromatic heterocycles. The predicted molar refractivity (Wildman–Crippen MR) is 74.8 cm³/mol. The van der Waals surface area contributed by atoms with Crippen molar-refractivity contribution in [1.29, 1.82) is 0 Å². The fourth-order valence-corrected chi connectivity index (χ4v) is 2.34. The normalized spacial score (nSPS) is 14.8. The van der Waals surface area contributed by atoms with Gasteiger partial charge in [0.2, 0.25) is 0 Å². The highest BCUT2D eigenvalue weighted by molar-refractivity contribution is 6.31. The summed E-state index contributed by atoms with van der Waals surface area (Å²) in [7, 11) is 0. The van der Waals surface area contributed by atoms with Gasteiger partial charge in [0.25, 0.3) is 0 Å². The largest absolute Gasteiger partial charge is 0.346 e. The van der Waals surface area contributed by atoms with Gasteiger partial charge >= 0.3 is 0 Å². The first-order chi connectivity index (χ1) is 9.24. The zero-order valence-corrected chi connectivity index (χ0v) is 11.3. The molecular formula is C15H16ClFN2. The van der Waals surface area contributed by atoms with Crippen molar-refractivity contribution in [1.82, 2.24) is 9.88 Å². The van der Waals surface area contributed by atoms with Crippen LogP contribution in [0, 0.1) is 5.82 Å². The second kappa shape index (κ2) is 5.35. The summed E-state index contributed by atoms with van der Waals surface area (Å²) in [6, 6.07) is 9.73. The maximum atomic E-state index is 13.4. The zero-order valence-electron chi connectivity index (χ0n) is 10.6. The molecule has 19 heavy (non-hydrogen) atoms. The molecule has 0 saturated heterocycles. The van der Waals surface area contributed by atoms with Gasteiger partial charge in [-0.1, -0.05) is 23.7 Å². The predicted octanol–water partition coefficient (Wildman–Crippen LogP) is 3.58. The number of nitrogens with one attached hydrogen (secondary N) is 1. The molecule has 1 aromatic carbocycles. The average molecular weight is 279 g/mol. The number of hydrogen-bond donors (Lipinski definition) is 1. The molecule has 4 heteroatoms. The molecule has 0 radical (unpaired) electrons. The van der Waals surface area contributed by atoms with Gasteiger partial charge in [-0.2, -0.15) is 0 Å². The summed E-state index contributed by atoms with van der Waals surface area (Å²) >= 11 is 6.00. The second-order valence-corrected chi connectivity index (χ2v) is 5.37. The first-order valence-corrected chi connectivity index (χ1v) is 6.92. The highest BCUT2D eigenvalue weighted by atomic mass is 35.5. The van der Waals surface area contributed by atoms with E-state index in [2.05, 4.69) is 16.0 Å². The standard InChI is InChI=1S/C15H16ClFN2/c16-15-11(3-1-5-14(15)17)10-19-8-2-4-13(19)9-18-12-6-7-12/h1-5,8,12,18H,6-7,9-10H2. The van der Waals surface area contributed by atoms with Gasteiger partial charge < -0.3 is 9.88 Å². The van der Waals surface area contributed by atoms with E-state index < -0.39 is 0 Å². The zero-order chi connectivity index (χ0) is 13.2. The minimum absolute atomic E-state index is 0.220. The topological polar surface area (TPSA) is 17.0 Å². The molecule has 0 unspecified atom stereocenters. The van der Waals surface area contributed by atoms with Gasteiger partial charge in [-0.05, 0) is 36.6 Å². The van der Waals surface area contributed by atoms with E-state index in [1.807, 2.05) is 18.3 Å². The molecule has 100 valence electrons. The Hall–Kier alpha value is -1.32. The minimum Gasteiger partial charge on any atom is -0.346 e. The van der Waals surface area contributed by atoms with Crippen LogP contribution >= 0.6 is 11.6 Å². The third-order valence-electron chi connectivity index (χ3n) is 3.45. The Morgan fingerprint density at radius 1 is 1.26 bits per heavy atom. The molecule has 1 heterocycles. The summed E-state index contributed by atoms with van der Waals surface area (Å²) in [6.07, 6.45) is 4.55. The molecule has 1 aliphatic rings. The second-order valence-electron chi connectivity index (χ2n) is 5.00. The van der Waals surface area contributed by atoms with Crippen molar-refractivity contribution in [2.24, 2.45) is 0 Å². The first-order valence-electron chi connectivity index (χ1n) is 6.54. The first kappa shape index (κ1) is 12.7. The molecule has 0 spiro atoms. The van der Waals surface area contributed by atoms with Crippen LogP contribution in [0.15, 0.2) is 36.5 Å². The van der Waals surface area contributed by atoms with Crippen molar-refractivity contribution >= 4 is 11.6 Å². The lowest BCUT2D eigenvalue weighted by atomic mass is 10.2. The Morgan fingerprint density at radius 3 is 2.89 bits per heavy atom. The molecule has 1 aliphatic carbocycles. The number of rotatable bonds is 5. The number of benzene rings is 1. The lowest BCUT2D eigenvalue weighted by Gasteiger charge is -2.11. The van der Waals surface area contributed by atoms with Crippen LogP contribution in [-0.2, 0) is 13.1 Å². The molecule has 0 bridgehead atoms. The van der Waals surface area contributed by atoms with E-state index in [1.165, 1.54) is 24.6 Å². The van der Waals surface area contributed by atoms with Gasteiger partial charge in [-0.15, -0.1) is 0 Å². The van der Waals surface area contributed by atoms with Crippen LogP contribution in [0.3, 0.4) is 0 Å². The van der Waals surface area contributed by atoms with Crippen molar-refractivity contribution in [2.75, 3.05) is 0 Å². The molecule has 2 nitrogen and oxygen atoms in total. The van der Waals surface area contributed by atoms with E-state index in [0.29, 0.717) is 12.6 Å². The summed E-state index contributed by atoms with van der Waals surface area (Å²) < 4.78 is 15.5. The van der Waals surface area contributed by atoms with E-state index in [1.54, 1.807) is 6.07 Å². The van der Waals surface area contributed by atoms with Gasteiger partial charge in [0.1, 0.15) is 5.82 Å². The summed E-state index contributed by atoms with van der Waals surface area (Å²) in [4.78, 5) is 0. The fourth-order valence-electron chi connectivity index (χ4n) is 2.15. The Morgan fingerprint density at radius 2 is 2.11 bits per heavy atom. The van der Waals surface area contributed by atoms with E-state index >= 15 is 0 Å². The van der Waals surface area contributed by atoms with Crippen molar-refractivity contribution in [3.8, 4) is 0 Å². The SMILES string of the molecule is Fc1cccc(Cn2cccc2CNC2CC2)c1Cl. The van der Waals surface area contributed by atoms with Crippen molar-refractivity contribution in [2.45, 2.75) is 32.0 Å². The number of nitrogens with zero attached hydrogens (tertiary/aromatic N) is 1. The van der Waals surface area contributed by atoms with Crippen LogP contribution in [-0.4, -0.2) is 10.6 Å². The van der Waals surface area contributed by atoms with Crippen LogP contribution in [0.5, 0.6) is 0 Å². The van der Waals surface area contributed by atoms with Crippen molar-refractivity contribution < 1.29 is 4.39 Å². The monoisotopic (exact) mass is 278 g/mol. The minimum atomic E-state index is -0.357. The van der Waals surface area contributed by atoms with Crippen LogP contribution in [0.1, 0.15) is 24.1 Å². The maximum absolute atomic E-state index is 13.4. The Labute approximate surface area is 117 Å². The number of hydrogen-bond acceptors (Lipinski definition) is 1. The van der Waals surface area contributed by atoms with Crippen molar-refractivity contribution in [3.63, 3.8) is 0 Å². The third-order valence-corrected chi connectivity index (χ3v) is 3.87. The van der Waals surface area contributed by atoms with Crippen LogP contribution in [0.2, 0.25) is 5.02 Å². The lowest BCUT2D eigenvalue weighted by molar-refractivity contribution is 0.617. The molecule has 1 N–H and O–H groups in total. The summed E-state index contributed by atoms with van der Waals surface area (Å²) in [6.45, 7) is 1.45. The molecule has 0 atom stereocenters. The average Bonchev–Trinajstić information content (AvgIpc) is 3.13. The van der Waals surface area contributed by atoms with Gasteiger partial charge in [0.15, 0.2) is 0 Å². The van der Waals surface area contributed by atoms with Gasteiger partial charge in [0.05, 0.1) is 5.02 Å². The highest BCUT2D eigenvalue weighted by Gasteiger charge is 2.20. The van der Waals surface area contributed by atoms with Gasteiger partial charge in [0, 0.05) is 31.0 Å². The fraction of sp³-hybridized carbons (Fsp3) is 0.333. The molecule has 1 saturated carbocycles. The van der Waals surface area contributed by atoms with E-state index in [4.69, 9.17) is 11.6 Å². The molecule has 0 amide bonds. The van der Waals surface area contributed by atoms with Gasteiger partial charge in [-0.3, -0.25) is 0 Å². The Kier molecular flexibility index (Phi) is 3.58. The molecule has 0 aliphatic heterocycles. The summed E-state index contributed by atoms with van der Waals surface area (Å²) in [5.74, 6) is -0.357. The molecule has 3 rings (SSSR count). The highest BCUT2D eigenvalue weighted by Crippen LogP contribution is 2.22. The van der Waals surface area contributed by atoms with Crippen LogP contribution < -0.4 is 5.32 Å². The Balaban J connectivity index is 1.75. The summed E-state index contributed by atoms with van der Waals surface area (Å²) in [5.41, 5.74) is 2.01. The van der Waals surface area contributed by atoms with Crippen molar-refractivity contribution in [3.05, 3.63) is 58.6 Å². The Bertz CT molecular complexity index is 575. The maximum Gasteiger partial charge on any atom is 0.142 e. The molecular weight excluding hydrogens is 263 g/mol. The van der Waals surface area contributed by atoms with E-state index in [-0.39, 0.29) is 10.8 Å². The van der Waals surface area contributed by atoms with E-state index in [0.717, 1.165) is 12.1 Å². The third kappa shape index (κ3) is 2.99. The smallest absolute Gasteiger partial charge is 0.142 e. The lowest BCUT2D eigenvalue weighted by Crippen LogP contribution is -2.18. The molecule has 2 aromatic rings. The van der Waals surface area contributed by atoms with Crippen LogP contribution in [0.4, 0.5) is 4.39 Å². The van der Waals surface area contributed by atoms with Crippen LogP contribution in [0.25, 0.3) is 0 Å². The number of halogens is 2. The summed E-state index contributed by atoms with van der Waals surface area (Å²) in [5, 5.41) is 3.70. The quantitative estimate of drug-likeness (QED) is 0.885. The molecule has 1 fully saturated rings.